The van der Waals surface area contributed by atoms with Gasteiger partial charge in [0.05, 0.1) is 0 Å². The predicted octanol–water partition coefficient (Wildman–Crippen LogP) is 1.82. The fourth-order valence-electron chi connectivity index (χ4n) is 1.64. The van der Waals surface area contributed by atoms with E-state index in [1.807, 2.05) is 0 Å². The molecule has 1 aromatic rings. The van der Waals surface area contributed by atoms with Gasteiger partial charge >= 0.3 is 0 Å². The highest BCUT2D eigenvalue weighted by Crippen LogP contribution is 2.02. The lowest BCUT2D eigenvalue weighted by Gasteiger charge is -2.04. The van der Waals surface area contributed by atoms with Gasteiger partial charge in [-0.15, -0.1) is 0 Å². The van der Waals surface area contributed by atoms with E-state index in [1.54, 1.807) is 0 Å². The molecule has 0 aliphatic carbocycles. The minimum Gasteiger partial charge on any atom is -0.356 e. The molecule has 2 N–H and O–H groups in total. The van der Waals surface area contributed by atoms with Crippen LogP contribution in [-0.4, -0.2) is 27.6 Å². The fourth-order valence-corrected chi connectivity index (χ4v) is 1.64. The van der Waals surface area contributed by atoms with Crippen molar-refractivity contribution in [1.29, 1.82) is 0 Å². The third-order valence-corrected chi connectivity index (χ3v) is 2.63. The molecule has 0 aromatic carbocycles. The van der Waals surface area contributed by atoms with E-state index in [1.165, 1.54) is 19.2 Å². The highest BCUT2D eigenvalue weighted by Gasteiger charge is 2.00. The summed E-state index contributed by atoms with van der Waals surface area (Å²) in [6, 6.07) is 0. The summed E-state index contributed by atoms with van der Waals surface area (Å²) in [6.07, 6.45) is 8.47. The molecule has 17 heavy (non-hydrogen) atoms. The number of aryl methyl sites for hydroxylation is 1. The summed E-state index contributed by atoms with van der Waals surface area (Å²) in [6.45, 7) is 2.89. The molecular weight excluding hydrogens is 216 g/mol. The first-order valence-electron chi connectivity index (χ1n) is 6.44. The van der Waals surface area contributed by atoms with Crippen LogP contribution in [0.1, 0.15) is 51.3 Å². The number of aromatic nitrogens is 3. The van der Waals surface area contributed by atoms with Crippen molar-refractivity contribution >= 4 is 5.91 Å². The van der Waals surface area contributed by atoms with Gasteiger partial charge in [0.25, 0.3) is 0 Å². The van der Waals surface area contributed by atoms with Crippen LogP contribution in [0.15, 0.2) is 6.33 Å². The van der Waals surface area contributed by atoms with E-state index in [2.05, 4.69) is 27.4 Å². The number of amides is 1. The Kier molecular flexibility index (Phi) is 7.02. The number of carbonyl (C=O) groups excluding carboxylic acids is 1. The molecule has 1 aromatic heterocycles. The molecule has 0 unspecified atom stereocenters. The van der Waals surface area contributed by atoms with E-state index in [-0.39, 0.29) is 5.91 Å². The minimum atomic E-state index is 0.165. The number of hydrogen-bond donors (Lipinski definition) is 2. The predicted molar refractivity (Wildman–Crippen MR) is 66.5 cm³/mol. The Morgan fingerprint density at radius 3 is 2.94 bits per heavy atom. The van der Waals surface area contributed by atoms with Crippen LogP contribution >= 0.6 is 0 Å². The number of unbranched alkanes of at least 4 members (excludes halogenated alkanes) is 3. The van der Waals surface area contributed by atoms with Crippen molar-refractivity contribution < 1.29 is 4.79 Å². The summed E-state index contributed by atoms with van der Waals surface area (Å²) in [7, 11) is 0. The Hall–Kier alpha value is -1.39. The van der Waals surface area contributed by atoms with Crippen LogP contribution in [-0.2, 0) is 11.2 Å². The zero-order valence-electron chi connectivity index (χ0n) is 10.5. The van der Waals surface area contributed by atoms with Crippen molar-refractivity contribution in [2.24, 2.45) is 0 Å². The largest absolute Gasteiger partial charge is 0.356 e. The molecule has 0 fully saturated rings. The number of nitrogens with one attached hydrogen (secondary N) is 2. The molecule has 1 amide bonds. The van der Waals surface area contributed by atoms with E-state index in [0.717, 1.165) is 31.5 Å². The highest BCUT2D eigenvalue weighted by molar-refractivity contribution is 5.75. The van der Waals surface area contributed by atoms with Gasteiger partial charge in [-0.2, -0.15) is 5.10 Å². The number of H-pyrrole nitrogens is 1. The zero-order valence-corrected chi connectivity index (χ0v) is 10.5. The Morgan fingerprint density at radius 2 is 2.24 bits per heavy atom. The summed E-state index contributed by atoms with van der Waals surface area (Å²) in [5.41, 5.74) is 0. The molecule has 0 spiro atoms. The second-order valence-corrected chi connectivity index (χ2v) is 4.20. The van der Waals surface area contributed by atoms with E-state index in [9.17, 15) is 4.79 Å². The van der Waals surface area contributed by atoms with E-state index in [0.29, 0.717) is 13.0 Å². The Bertz CT molecular complexity index is 297. The van der Waals surface area contributed by atoms with Gasteiger partial charge in [-0.05, 0) is 12.8 Å². The van der Waals surface area contributed by atoms with Crippen molar-refractivity contribution in [2.45, 2.75) is 51.9 Å². The van der Waals surface area contributed by atoms with Crippen LogP contribution in [0, 0.1) is 0 Å². The third-order valence-electron chi connectivity index (χ3n) is 2.63. The third kappa shape index (κ3) is 6.71. The van der Waals surface area contributed by atoms with Crippen LogP contribution in [0.25, 0.3) is 0 Å². The monoisotopic (exact) mass is 238 g/mol. The molecule has 0 radical (unpaired) electrons. The number of nitrogens with zero attached hydrogens (tertiary/aromatic N) is 2. The van der Waals surface area contributed by atoms with Crippen LogP contribution in [0.4, 0.5) is 0 Å². The van der Waals surface area contributed by atoms with E-state index in [4.69, 9.17) is 0 Å². The van der Waals surface area contributed by atoms with Crippen LogP contribution < -0.4 is 5.32 Å². The normalized spacial score (nSPS) is 10.4. The van der Waals surface area contributed by atoms with Gasteiger partial charge in [0.15, 0.2) is 0 Å². The van der Waals surface area contributed by atoms with Gasteiger partial charge in [0, 0.05) is 19.4 Å². The molecule has 0 atom stereocenters. The van der Waals surface area contributed by atoms with Gasteiger partial charge in [-0.1, -0.05) is 26.2 Å². The smallest absolute Gasteiger partial charge is 0.219 e. The van der Waals surface area contributed by atoms with Crippen LogP contribution in [0.3, 0.4) is 0 Å². The molecule has 96 valence electrons. The minimum absolute atomic E-state index is 0.165. The molecule has 1 rings (SSSR count). The van der Waals surface area contributed by atoms with Gasteiger partial charge in [0.2, 0.25) is 5.91 Å². The van der Waals surface area contributed by atoms with E-state index >= 15 is 0 Å². The summed E-state index contributed by atoms with van der Waals surface area (Å²) in [5.74, 6) is 1.04. The Morgan fingerprint density at radius 1 is 1.35 bits per heavy atom. The molecule has 0 bridgehead atoms. The molecule has 0 aliphatic heterocycles. The average Bonchev–Trinajstić information content (AvgIpc) is 2.83. The topological polar surface area (TPSA) is 70.7 Å². The number of carbonyl (C=O) groups is 1. The number of aromatic amines is 1. The van der Waals surface area contributed by atoms with Crippen molar-refractivity contribution in [2.75, 3.05) is 6.54 Å². The maximum atomic E-state index is 11.4. The summed E-state index contributed by atoms with van der Waals surface area (Å²) in [4.78, 5) is 15.4. The van der Waals surface area contributed by atoms with Gasteiger partial charge in [-0.25, -0.2) is 4.98 Å². The first kappa shape index (κ1) is 13.7. The zero-order chi connectivity index (χ0) is 12.3. The highest BCUT2D eigenvalue weighted by atomic mass is 16.1. The number of hydrogen-bond acceptors (Lipinski definition) is 3. The lowest BCUT2D eigenvalue weighted by atomic mass is 10.1. The van der Waals surface area contributed by atoms with Crippen molar-refractivity contribution in [3.63, 3.8) is 0 Å². The molecule has 1 heterocycles. The number of rotatable bonds is 9. The molecule has 0 aliphatic rings. The second kappa shape index (κ2) is 8.73. The lowest BCUT2D eigenvalue weighted by molar-refractivity contribution is -0.121. The maximum Gasteiger partial charge on any atom is 0.219 e. The quantitative estimate of drug-likeness (QED) is 0.645. The molecule has 5 heteroatoms. The summed E-state index contributed by atoms with van der Waals surface area (Å²) >= 11 is 0. The maximum absolute atomic E-state index is 11.4. The van der Waals surface area contributed by atoms with Gasteiger partial charge in [-0.3, -0.25) is 9.89 Å². The molecule has 5 nitrogen and oxygen atoms in total. The van der Waals surface area contributed by atoms with Crippen LogP contribution in [0.5, 0.6) is 0 Å². The molecule has 0 saturated heterocycles. The van der Waals surface area contributed by atoms with Gasteiger partial charge in [0.1, 0.15) is 12.2 Å². The van der Waals surface area contributed by atoms with Crippen molar-refractivity contribution in [3.05, 3.63) is 12.2 Å². The SMILES string of the molecule is CCCCCCC(=O)NCCCc1ncn[nH]1. The second-order valence-electron chi connectivity index (χ2n) is 4.20. The fraction of sp³-hybridized carbons (Fsp3) is 0.750. The molecule has 0 saturated carbocycles. The first-order valence-corrected chi connectivity index (χ1v) is 6.44. The van der Waals surface area contributed by atoms with E-state index < -0.39 is 0 Å². The van der Waals surface area contributed by atoms with Crippen molar-refractivity contribution in [1.82, 2.24) is 20.5 Å². The first-order chi connectivity index (χ1) is 8.33. The standard InChI is InChI=1S/C12H22N4O/c1-2-3-4-5-8-12(17)13-9-6-7-11-14-10-15-16-11/h10H,2-9H2,1H3,(H,13,17)(H,14,15,16). The van der Waals surface area contributed by atoms with Gasteiger partial charge < -0.3 is 5.32 Å². The van der Waals surface area contributed by atoms with Crippen molar-refractivity contribution in [3.8, 4) is 0 Å². The Labute approximate surface area is 102 Å². The van der Waals surface area contributed by atoms with Crippen LogP contribution in [0.2, 0.25) is 0 Å². The summed E-state index contributed by atoms with van der Waals surface area (Å²) in [5, 5.41) is 9.49. The lowest BCUT2D eigenvalue weighted by Crippen LogP contribution is -2.24. The average molecular weight is 238 g/mol. The Balaban J connectivity index is 1.93. The summed E-state index contributed by atoms with van der Waals surface area (Å²) < 4.78 is 0. The molecular formula is C12H22N4O.